The Morgan fingerprint density at radius 3 is 1.67 bits per heavy atom. The molecule has 216 valence electrons. The molecule has 0 unspecified atom stereocenters. The van der Waals surface area contributed by atoms with Crippen LogP contribution in [0.4, 0.5) is 17.1 Å². The van der Waals surface area contributed by atoms with Crippen LogP contribution >= 0.6 is 0 Å². The van der Waals surface area contributed by atoms with Crippen molar-refractivity contribution < 1.29 is 21.1 Å². The van der Waals surface area contributed by atoms with Crippen molar-refractivity contribution in [3.63, 3.8) is 0 Å². The van der Waals surface area contributed by atoms with E-state index < -0.39 is 8.07 Å². The summed E-state index contributed by atoms with van der Waals surface area (Å²) in [5.41, 5.74) is 6.81. The summed E-state index contributed by atoms with van der Waals surface area (Å²) in [5.74, 6) is 0. The number of anilines is 3. The Hall–Kier alpha value is -4.89. The van der Waals surface area contributed by atoms with Gasteiger partial charge in [0.25, 0.3) is 0 Å². The minimum absolute atomic E-state index is 0. The van der Waals surface area contributed by atoms with Crippen LogP contribution in [0.2, 0.25) is 0 Å². The Balaban J connectivity index is 0.00000325. The van der Waals surface area contributed by atoms with Crippen LogP contribution in [-0.2, 0) is 21.1 Å². The molecule has 5 heteroatoms. The summed E-state index contributed by atoms with van der Waals surface area (Å²) in [6.07, 6.45) is 3.67. The normalized spacial score (nSPS) is 12.8. The average molecular weight is 773 g/mol. The van der Waals surface area contributed by atoms with E-state index in [-0.39, 0.29) is 21.1 Å². The van der Waals surface area contributed by atoms with E-state index in [1.165, 1.54) is 20.7 Å². The standard InChI is InChI=1S/C40H27N3Si.Pt/c1-3-16-33(17-4-1)44(34-18-5-2-6-19-34)39-23-8-7-22-37(39)43(32-15-13-14-30(28-32)35-20-9-11-26-41-35)38-29-31(24-25-40(38)44)36-21-10-12-27-42-36;/h1-27H;/q-2;+2. The van der Waals surface area contributed by atoms with Gasteiger partial charge in [-0.25, -0.2) is 0 Å². The van der Waals surface area contributed by atoms with Gasteiger partial charge in [-0.2, -0.15) is 0 Å². The number of para-hydroxylation sites is 1. The summed E-state index contributed by atoms with van der Waals surface area (Å²) in [7, 11) is -2.77. The number of aromatic nitrogens is 2. The van der Waals surface area contributed by atoms with Crippen molar-refractivity contribution in [2.45, 2.75) is 0 Å². The zero-order valence-corrected chi connectivity index (χ0v) is 27.5. The molecule has 0 atom stereocenters. The fourth-order valence-electron chi connectivity index (χ4n) is 6.56. The summed E-state index contributed by atoms with van der Waals surface area (Å²) in [6, 6.07) is 61.4. The molecule has 1 aliphatic heterocycles. The molecule has 1 aliphatic rings. The van der Waals surface area contributed by atoms with Crippen LogP contribution in [0.5, 0.6) is 0 Å². The minimum Gasteiger partial charge on any atom is -0.346 e. The topological polar surface area (TPSA) is 29.0 Å². The summed E-state index contributed by atoms with van der Waals surface area (Å²) in [4.78, 5) is 11.6. The first-order valence-electron chi connectivity index (χ1n) is 14.8. The molecule has 7 aromatic rings. The predicted molar refractivity (Wildman–Crippen MR) is 182 cm³/mol. The zero-order chi connectivity index (χ0) is 29.3. The first-order chi connectivity index (χ1) is 21.8. The molecule has 45 heavy (non-hydrogen) atoms. The van der Waals surface area contributed by atoms with Gasteiger partial charge in [0.05, 0.1) is 0 Å². The van der Waals surface area contributed by atoms with Crippen LogP contribution in [0.25, 0.3) is 22.5 Å². The maximum absolute atomic E-state index is 4.69. The van der Waals surface area contributed by atoms with E-state index in [1.54, 1.807) is 0 Å². The molecule has 0 fully saturated rings. The molecule has 0 N–H and O–H groups in total. The molecular formula is C40H27N3PtSi. The third-order valence-corrected chi connectivity index (χ3v) is 13.3. The zero-order valence-electron chi connectivity index (χ0n) is 24.2. The van der Waals surface area contributed by atoms with E-state index in [0.717, 1.165) is 39.6 Å². The number of fused-ring (bicyclic) bond motifs is 2. The summed E-state index contributed by atoms with van der Waals surface area (Å²) in [5, 5.41) is 5.29. The second-order valence-electron chi connectivity index (χ2n) is 10.8. The van der Waals surface area contributed by atoms with E-state index in [0.29, 0.717) is 0 Å². The number of benzene rings is 5. The summed E-state index contributed by atoms with van der Waals surface area (Å²) in [6.45, 7) is 0. The third-order valence-electron chi connectivity index (χ3n) is 8.42. The van der Waals surface area contributed by atoms with Gasteiger partial charge in [-0.1, -0.05) is 119 Å². The number of hydrogen-bond acceptors (Lipinski definition) is 3. The largest absolute Gasteiger partial charge is 2.00 e. The van der Waals surface area contributed by atoms with E-state index >= 15 is 0 Å². The maximum atomic E-state index is 4.69. The molecule has 3 nitrogen and oxygen atoms in total. The van der Waals surface area contributed by atoms with E-state index in [1.807, 2.05) is 48.8 Å². The number of pyridine rings is 2. The minimum atomic E-state index is -2.77. The van der Waals surface area contributed by atoms with Gasteiger partial charge < -0.3 is 14.9 Å². The first kappa shape index (κ1) is 28.9. The van der Waals surface area contributed by atoms with Gasteiger partial charge in [0.2, 0.25) is 0 Å². The van der Waals surface area contributed by atoms with Crippen molar-refractivity contribution in [3.8, 4) is 22.5 Å². The van der Waals surface area contributed by atoms with Gasteiger partial charge in [0, 0.05) is 18.1 Å². The molecule has 0 radical (unpaired) electrons. The Kier molecular flexibility index (Phi) is 7.85. The molecule has 0 saturated carbocycles. The van der Waals surface area contributed by atoms with Gasteiger partial charge in [-0.15, -0.1) is 53.6 Å². The molecule has 5 aromatic carbocycles. The fourth-order valence-corrected chi connectivity index (χ4v) is 11.6. The quantitative estimate of drug-likeness (QED) is 0.147. The van der Waals surface area contributed by atoms with E-state index in [4.69, 9.17) is 4.98 Å². The van der Waals surface area contributed by atoms with Crippen molar-refractivity contribution in [3.05, 3.63) is 176 Å². The second kappa shape index (κ2) is 12.2. The average Bonchev–Trinajstić information content (AvgIpc) is 3.12. The van der Waals surface area contributed by atoms with Crippen molar-refractivity contribution in [2.75, 3.05) is 4.90 Å². The smallest absolute Gasteiger partial charge is 0.346 e. The Bertz CT molecular complexity index is 2030. The Morgan fingerprint density at radius 1 is 0.467 bits per heavy atom. The van der Waals surface area contributed by atoms with Crippen LogP contribution in [0, 0.1) is 12.1 Å². The third kappa shape index (κ3) is 4.87. The molecule has 8 rings (SSSR count). The second-order valence-corrected chi connectivity index (χ2v) is 14.6. The maximum Gasteiger partial charge on any atom is 2.00 e. The van der Waals surface area contributed by atoms with Crippen molar-refractivity contribution in [1.29, 1.82) is 0 Å². The Morgan fingerprint density at radius 2 is 1.04 bits per heavy atom. The SMILES string of the molecule is [Pt+2].[c-]1c(-c2ccccn2)cccc1N1c2[c-]c(-c3ccccn3)ccc2[Si](c2ccccc2)(c2ccccc2)c2ccccc21. The number of nitrogens with zero attached hydrogens (tertiary/aromatic N) is 3. The first-order valence-corrected chi connectivity index (χ1v) is 16.8. The number of rotatable bonds is 5. The summed E-state index contributed by atoms with van der Waals surface area (Å²) >= 11 is 0. The van der Waals surface area contributed by atoms with Gasteiger partial charge in [-0.05, 0) is 46.1 Å². The molecule has 3 heterocycles. The van der Waals surface area contributed by atoms with Gasteiger partial charge in [0.1, 0.15) is 8.07 Å². The van der Waals surface area contributed by atoms with Crippen LogP contribution < -0.4 is 25.6 Å². The van der Waals surface area contributed by atoms with Gasteiger partial charge in [-0.3, -0.25) is 0 Å². The van der Waals surface area contributed by atoms with Crippen molar-refractivity contribution >= 4 is 45.9 Å². The van der Waals surface area contributed by atoms with E-state index in [9.17, 15) is 0 Å². The summed E-state index contributed by atoms with van der Waals surface area (Å²) < 4.78 is 0. The van der Waals surface area contributed by atoms with Crippen LogP contribution in [0.3, 0.4) is 0 Å². The fraction of sp³-hybridized carbons (Fsp3) is 0. The van der Waals surface area contributed by atoms with E-state index in [2.05, 4.69) is 137 Å². The number of hydrogen-bond donors (Lipinski definition) is 0. The molecule has 0 saturated heterocycles. The van der Waals surface area contributed by atoms with Crippen LogP contribution in [-0.4, -0.2) is 18.0 Å². The molecule has 0 amide bonds. The molecule has 2 aromatic heterocycles. The van der Waals surface area contributed by atoms with Crippen LogP contribution in [0.15, 0.2) is 164 Å². The monoisotopic (exact) mass is 772 g/mol. The van der Waals surface area contributed by atoms with Gasteiger partial charge in [0.15, 0.2) is 0 Å². The van der Waals surface area contributed by atoms with Gasteiger partial charge >= 0.3 is 21.1 Å². The van der Waals surface area contributed by atoms with Crippen LogP contribution in [0.1, 0.15) is 0 Å². The predicted octanol–water partition coefficient (Wildman–Crippen LogP) is 6.57. The molecule has 0 aliphatic carbocycles. The molecule has 0 bridgehead atoms. The van der Waals surface area contributed by atoms with Crippen molar-refractivity contribution in [1.82, 2.24) is 9.97 Å². The molecule has 0 spiro atoms. The Labute approximate surface area is 279 Å². The van der Waals surface area contributed by atoms with Crippen molar-refractivity contribution in [2.24, 2.45) is 0 Å². The molecular weight excluding hydrogens is 746 g/mol.